The molecule has 2 fully saturated rings. The summed E-state index contributed by atoms with van der Waals surface area (Å²) >= 11 is 0. The largest absolute Gasteiger partial charge is 0.481 e. The van der Waals surface area contributed by atoms with Crippen molar-refractivity contribution >= 4 is 11.8 Å². The van der Waals surface area contributed by atoms with Gasteiger partial charge >= 0.3 is 5.97 Å². The van der Waals surface area contributed by atoms with Crippen molar-refractivity contribution in [2.45, 2.75) is 46.0 Å². The van der Waals surface area contributed by atoms with Crippen LogP contribution < -0.4 is 0 Å². The van der Waals surface area contributed by atoms with Crippen LogP contribution in [0, 0.1) is 16.7 Å². The van der Waals surface area contributed by atoms with E-state index in [1.54, 1.807) is 0 Å². The van der Waals surface area contributed by atoms with Gasteiger partial charge in [-0.05, 0) is 30.6 Å². The summed E-state index contributed by atoms with van der Waals surface area (Å²) in [5.41, 5.74) is -0.310. The molecule has 0 spiro atoms. The lowest BCUT2D eigenvalue weighted by molar-refractivity contribution is -0.139. The monoisotopic (exact) mass is 210 g/mol. The van der Waals surface area contributed by atoms with Gasteiger partial charge in [-0.3, -0.25) is 9.59 Å². The third-order valence-electron chi connectivity index (χ3n) is 5.06. The lowest BCUT2D eigenvalue weighted by atomic mass is 9.66. The van der Waals surface area contributed by atoms with Gasteiger partial charge in [0.25, 0.3) is 0 Å². The number of carbonyl (C=O) groups excluding carboxylic acids is 1. The minimum atomic E-state index is -0.751. The molecule has 2 aliphatic carbocycles. The number of ketones is 1. The summed E-state index contributed by atoms with van der Waals surface area (Å²) < 4.78 is 0. The van der Waals surface area contributed by atoms with Crippen LogP contribution >= 0.6 is 0 Å². The molecule has 0 aliphatic heterocycles. The highest BCUT2D eigenvalue weighted by atomic mass is 16.4. The summed E-state index contributed by atoms with van der Waals surface area (Å²) in [4.78, 5) is 22.5. The molecular formula is C12H18O3. The summed E-state index contributed by atoms with van der Waals surface area (Å²) in [6.07, 6.45) is 3.56. The summed E-state index contributed by atoms with van der Waals surface area (Å²) in [7, 11) is 0. The molecular weight excluding hydrogens is 192 g/mol. The smallest absolute Gasteiger partial charge is 0.303 e. The van der Waals surface area contributed by atoms with Crippen molar-refractivity contribution < 1.29 is 14.7 Å². The van der Waals surface area contributed by atoms with E-state index >= 15 is 0 Å². The maximum Gasteiger partial charge on any atom is 0.303 e. The Balaban J connectivity index is 2.21. The zero-order valence-corrected chi connectivity index (χ0v) is 9.38. The Hall–Kier alpha value is -0.860. The molecule has 3 nitrogen and oxygen atoms in total. The van der Waals surface area contributed by atoms with Crippen molar-refractivity contribution in [1.29, 1.82) is 0 Å². The Morgan fingerprint density at radius 3 is 2.60 bits per heavy atom. The Labute approximate surface area is 89.9 Å². The van der Waals surface area contributed by atoms with Crippen LogP contribution in [0.4, 0.5) is 0 Å². The Morgan fingerprint density at radius 2 is 2.20 bits per heavy atom. The van der Waals surface area contributed by atoms with E-state index in [-0.39, 0.29) is 17.3 Å². The molecule has 2 bridgehead atoms. The van der Waals surface area contributed by atoms with Gasteiger partial charge in [-0.15, -0.1) is 0 Å². The topological polar surface area (TPSA) is 54.4 Å². The molecule has 3 heteroatoms. The number of hydrogen-bond donors (Lipinski definition) is 1. The highest BCUT2D eigenvalue weighted by Gasteiger charge is 2.63. The second kappa shape index (κ2) is 3.06. The van der Waals surface area contributed by atoms with Gasteiger partial charge in [-0.2, -0.15) is 0 Å². The van der Waals surface area contributed by atoms with Gasteiger partial charge in [0.05, 0.1) is 0 Å². The number of carbonyl (C=O) groups is 2. The summed E-state index contributed by atoms with van der Waals surface area (Å²) in [5.74, 6) is 0.0274. The summed E-state index contributed by atoms with van der Waals surface area (Å²) in [6, 6.07) is 0. The minimum absolute atomic E-state index is 0.0670. The quantitative estimate of drug-likeness (QED) is 0.777. The molecule has 15 heavy (non-hydrogen) atoms. The average Bonchev–Trinajstić information content (AvgIpc) is 2.50. The van der Waals surface area contributed by atoms with E-state index in [1.165, 1.54) is 0 Å². The number of aliphatic carboxylic acids is 1. The van der Waals surface area contributed by atoms with Crippen molar-refractivity contribution in [1.82, 2.24) is 0 Å². The molecule has 0 aromatic heterocycles. The molecule has 0 aromatic rings. The van der Waals surface area contributed by atoms with Gasteiger partial charge in [0, 0.05) is 18.3 Å². The molecule has 84 valence electrons. The van der Waals surface area contributed by atoms with Crippen LogP contribution in [0.1, 0.15) is 46.0 Å². The average molecular weight is 210 g/mol. The van der Waals surface area contributed by atoms with Crippen molar-refractivity contribution in [3.63, 3.8) is 0 Å². The van der Waals surface area contributed by atoms with Crippen LogP contribution in [0.25, 0.3) is 0 Å². The van der Waals surface area contributed by atoms with Crippen LogP contribution in [-0.2, 0) is 9.59 Å². The van der Waals surface area contributed by atoms with E-state index in [0.717, 1.165) is 12.8 Å². The molecule has 0 heterocycles. The molecule has 0 unspecified atom stereocenters. The highest BCUT2D eigenvalue weighted by molar-refractivity contribution is 5.89. The van der Waals surface area contributed by atoms with Gasteiger partial charge in [-0.1, -0.05) is 13.8 Å². The van der Waals surface area contributed by atoms with Crippen LogP contribution in [0.15, 0.2) is 0 Å². The first-order valence-electron chi connectivity index (χ1n) is 5.65. The second-order valence-electron chi connectivity index (χ2n) is 5.51. The van der Waals surface area contributed by atoms with Crippen LogP contribution in [-0.4, -0.2) is 16.9 Å². The number of fused-ring (bicyclic) bond motifs is 2. The first-order chi connectivity index (χ1) is 6.90. The van der Waals surface area contributed by atoms with Gasteiger partial charge in [0.1, 0.15) is 5.78 Å². The van der Waals surface area contributed by atoms with Gasteiger partial charge in [-0.25, -0.2) is 0 Å². The van der Waals surface area contributed by atoms with E-state index < -0.39 is 5.97 Å². The van der Waals surface area contributed by atoms with E-state index in [2.05, 4.69) is 6.92 Å². The van der Waals surface area contributed by atoms with E-state index in [0.29, 0.717) is 24.5 Å². The molecule has 2 saturated carbocycles. The number of carboxylic acid groups (broad SMARTS) is 1. The zero-order valence-electron chi connectivity index (χ0n) is 9.38. The lowest BCUT2D eigenvalue weighted by Crippen LogP contribution is -2.35. The van der Waals surface area contributed by atoms with Gasteiger partial charge in [0.15, 0.2) is 0 Å². The first kappa shape index (κ1) is 10.7. The summed E-state index contributed by atoms with van der Waals surface area (Å²) in [6.45, 7) is 4.14. The third-order valence-corrected chi connectivity index (χ3v) is 5.06. The molecule has 3 atom stereocenters. The number of Topliss-reactive ketones (excluding diaryl/α,β-unsaturated/α-hetero) is 1. The molecule has 0 saturated heterocycles. The van der Waals surface area contributed by atoms with Gasteiger partial charge in [0.2, 0.25) is 0 Å². The lowest BCUT2D eigenvalue weighted by Gasteiger charge is -2.36. The molecule has 0 aromatic carbocycles. The van der Waals surface area contributed by atoms with Crippen LogP contribution in [0.3, 0.4) is 0 Å². The predicted octanol–water partition coefficient (Wildman–Crippen LogP) is 2.25. The van der Waals surface area contributed by atoms with Crippen molar-refractivity contribution in [3.05, 3.63) is 0 Å². The number of rotatable bonds is 3. The normalized spacial score (nSPS) is 43.6. The zero-order chi connectivity index (χ0) is 11.3. The maximum atomic E-state index is 11.9. The maximum absolute atomic E-state index is 11.9. The molecule has 1 N–H and O–H groups in total. The van der Waals surface area contributed by atoms with Gasteiger partial charge < -0.3 is 5.11 Å². The Bertz CT molecular complexity index is 323. The molecule has 0 radical (unpaired) electrons. The third kappa shape index (κ3) is 1.25. The first-order valence-corrected chi connectivity index (χ1v) is 5.65. The fourth-order valence-electron chi connectivity index (χ4n) is 3.60. The van der Waals surface area contributed by atoms with Crippen molar-refractivity contribution in [3.8, 4) is 0 Å². The Morgan fingerprint density at radius 1 is 1.53 bits per heavy atom. The molecule has 2 rings (SSSR count). The summed E-state index contributed by atoms with van der Waals surface area (Å²) in [5, 5.41) is 8.75. The Kier molecular flexibility index (Phi) is 2.18. The van der Waals surface area contributed by atoms with E-state index in [4.69, 9.17) is 5.11 Å². The van der Waals surface area contributed by atoms with E-state index in [9.17, 15) is 9.59 Å². The fraction of sp³-hybridized carbons (Fsp3) is 0.833. The van der Waals surface area contributed by atoms with Crippen molar-refractivity contribution in [2.75, 3.05) is 0 Å². The SMILES string of the molecule is C[C@]12CC[C@H](CC1=O)[C@@]2(C)CCC(=O)O. The number of carboxylic acids is 1. The highest BCUT2D eigenvalue weighted by Crippen LogP contribution is 2.65. The molecule has 2 aliphatic rings. The second-order valence-corrected chi connectivity index (χ2v) is 5.51. The fourth-order valence-corrected chi connectivity index (χ4v) is 3.60. The predicted molar refractivity (Wildman–Crippen MR) is 55.4 cm³/mol. The number of hydrogen-bond acceptors (Lipinski definition) is 2. The van der Waals surface area contributed by atoms with Crippen molar-refractivity contribution in [2.24, 2.45) is 16.7 Å². The van der Waals surface area contributed by atoms with Crippen LogP contribution in [0.5, 0.6) is 0 Å². The van der Waals surface area contributed by atoms with Crippen LogP contribution in [0.2, 0.25) is 0 Å². The standard InChI is InChI=1S/C12H18O3/c1-11(6-4-10(14)15)8-3-5-12(11,2)9(13)7-8/h8H,3-7H2,1-2H3,(H,14,15)/t8-,11-,12+/m1/s1. The molecule has 0 amide bonds. The van der Waals surface area contributed by atoms with E-state index in [1.807, 2.05) is 6.92 Å². The minimum Gasteiger partial charge on any atom is -0.481 e.